The standard InChI is InChI=1S/C10H6FN3/c11-9-4-1-3-8(7-12)10(9)14-6-2-5-13-14/h1-6H. The number of aromatic nitrogens is 2. The average Bonchev–Trinajstić information content (AvgIpc) is 2.70. The summed E-state index contributed by atoms with van der Waals surface area (Å²) in [5.41, 5.74) is 0.466. The normalized spacial score (nSPS) is 9.71. The van der Waals surface area contributed by atoms with Crippen LogP contribution in [0.2, 0.25) is 0 Å². The number of nitriles is 1. The molecule has 1 heterocycles. The minimum absolute atomic E-state index is 0.194. The van der Waals surface area contributed by atoms with Crippen molar-refractivity contribution in [2.75, 3.05) is 0 Å². The fourth-order valence-corrected chi connectivity index (χ4v) is 1.24. The Balaban J connectivity index is 2.69. The van der Waals surface area contributed by atoms with E-state index in [0.29, 0.717) is 0 Å². The molecule has 0 fully saturated rings. The SMILES string of the molecule is N#Cc1cccc(F)c1-n1cccn1. The monoisotopic (exact) mass is 187 g/mol. The van der Waals surface area contributed by atoms with Crippen LogP contribution in [0.25, 0.3) is 5.69 Å². The molecule has 0 bridgehead atoms. The highest BCUT2D eigenvalue weighted by Gasteiger charge is 2.09. The van der Waals surface area contributed by atoms with Crippen LogP contribution in [0.15, 0.2) is 36.7 Å². The number of hydrogen-bond acceptors (Lipinski definition) is 2. The lowest BCUT2D eigenvalue weighted by Gasteiger charge is -2.04. The van der Waals surface area contributed by atoms with Crippen molar-refractivity contribution in [3.8, 4) is 11.8 Å². The predicted molar refractivity (Wildman–Crippen MR) is 48.2 cm³/mol. The number of nitrogens with zero attached hydrogens (tertiary/aromatic N) is 3. The molecule has 2 rings (SSSR count). The molecule has 0 unspecified atom stereocenters. The van der Waals surface area contributed by atoms with Gasteiger partial charge < -0.3 is 0 Å². The maximum absolute atomic E-state index is 13.4. The smallest absolute Gasteiger partial charge is 0.150 e. The highest BCUT2D eigenvalue weighted by Crippen LogP contribution is 2.16. The third-order valence-corrected chi connectivity index (χ3v) is 1.84. The third-order valence-electron chi connectivity index (χ3n) is 1.84. The van der Waals surface area contributed by atoms with Gasteiger partial charge in [-0.1, -0.05) is 6.07 Å². The van der Waals surface area contributed by atoms with E-state index in [4.69, 9.17) is 5.26 Å². The van der Waals surface area contributed by atoms with Crippen LogP contribution in [0, 0.1) is 17.1 Å². The molecular weight excluding hydrogens is 181 g/mol. The molecule has 2 aromatic rings. The van der Waals surface area contributed by atoms with E-state index >= 15 is 0 Å². The lowest BCUT2D eigenvalue weighted by molar-refractivity contribution is 0.610. The van der Waals surface area contributed by atoms with Gasteiger partial charge in [0.2, 0.25) is 0 Å². The molecule has 0 aliphatic carbocycles. The second kappa shape index (κ2) is 3.30. The summed E-state index contributed by atoms with van der Waals surface area (Å²) in [7, 11) is 0. The molecule has 0 aliphatic rings. The van der Waals surface area contributed by atoms with Crippen LogP contribution in [-0.2, 0) is 0 Å². The Labute approximate surface area is 80.0 Å². The second-order valence-electron chi connectivity index (χ2n) is 2.70. The van der Waals surface area contributed by atoms with E-state index in [9.17, 15) is 4.39 Å². The Kier molecular flexibility index (Phi) is 1.99. The van der Waals surface area contributed by atoms with Crippen LogP contribution in [-0.4, -0.2) is 9.78 Å². The summed E-state index contributed by atoms with van der Waals surface area (Å²) in [6, 6.07) is 7.96. The van der Waals surface area contributed by atoms with Gasteiger partial charge in [0.05, 0.1) is 5.56 Å². The number of para-hydroxylation sites is 1. The van der Waals surface area contributed by atoms with E-state index in [1.165, 1.54) is 23.0 Å². The third kappa shape index (κ3) is 1.25. The Morgan fingerprint density at radius 2 is 2.21 bits per heavy atom. The molecule has 1 aromatic heterocycles. The quantitative estimate of drug-likeness (QED) is 0.684. The number of hydrogen-bond donors (Lipinski definition) is 0. The Morgan fingerprint density at radius 3 is 2.86 bits per heavy atom. The molecule has 4 heteroatoms. The molecule has 14 heavy (non-hydrogen) atoms. The van der Waals surface area contributed by atoms with E-state index in [0.717, 1.165) is 0 Å². The van der Waals surface area contributed by atoms with Gasteiger partial charge in [0.1, 0.15) is 17.6 Å². The van der Waals surface area contributed by atoms with Gasteiger partial charge in [-0.05, 0) is 18.2 Å². The molecule has 3 nitrogen and oxygen atoms in total. The van der Waals surface area contributed by atoms with Gasteiger partial charge in [-0.2, -0.15) is 10.4 Å². The highest BCUT2D eigenvalue weighted by molar-refractivity contribution is 5.48. The minimum atomic E-state index is -0.451. The minimum Gasteiger partial charge on any atom is -0.237 e. The van der Waals surface area contributed by atoms with Gasteiger partial charge in [0.25, 0.3) is 0 Å². The average molecular weight is 187 g/mol. The van der Waals surface area contributed by atoms with Crippen molar-refractivity contribution in [1.82, 2.24) is 9.78 Å². The summed E-state index contributed by atoms with van der Waals surface area (Å²) in [6.45, 7) is 0. The summed E-state index contributed by atoms with van der Waals surface area (Å²) < 4.78 is 14.7. The first-order valence-electron chi connectivity index (χ1n) is 4.01. The van der Waals surface area contributed by atoms with Crippen molar-refractivity contribution in [2.24, 2.45) is 0 Å². The lowest BCUT2D eigenvalue weighted by atomic mass is 10.2. The van der Waals surface area contributed by atoms with Crippen LogP contribution in [0.1, 0.15) is 5.56 Å². The molecule has 68 valence electrons. The zero-order valence-corrected chi connectivity index (χ0v) is 7.18. The molecule has 0 saturated carbocycles. The van der Waals surface area contributed by atoms with Gasteiger partial charge in [0, 0.05) is 12.4 Å². The zero-order valence-electron chi connectivity index (χ0n) is 7.18. The van der Waals surface area contributed by atoms with Gasteiger partial charge >= 0.3 is 0 Å². The summed E-state index contributed by atoms with van der Waals surface area (Å²) in [5, 5.41) is 12.7. The maximum atomic E-state index is 13.4. The number of rotatable bonds is 1. The number of halogens is 1. The first-order chi connectivity index (χ1) is 6.83. The fraction of sp³-hybridized carbons (Fsp3) is 0. The molecule has 0 spiro atoms. The largest absolute Gasteiger partial charge is 0.237 e. The molecule has 0 atom stereocenters. The molecule has 0 saturated heterocycles. The van der Waals surface area contributed by atoms with Crippen molar-refractivity contribution in [3.63, 3.8) is 0 Å². The van der Waals surface area contributed by atoms with Crippen molar-refractivity contribution >= 4 is 0 Å². The highest BCUT2D eigenvalue weighted by atomic mass is 19.1. The van der Waals surface area contributed by atoms with Gasteiger partial charge in [-0.3, -0.25) is 0 Å². The van der Waals surface area contributed by atoms with E-state index < -0.39 is 5.82 Å². The van der Waals surface area contributed by atoms with Crippen molar-refractivity contribution in [3.05, 3.63) is 48.0 Å². The zero-order chi connectivity index (χ0) is 9.97. The van der Waals surface area contributed by atoms with Crippen molar-refractivity contribution in [2.45, 2.75) is 0 Å². The first kappa shape index (κ1) is 8.45. The molecular formula is C10H6FN3. The van der Waals surface area contributed by atoms with Crippen LogP contribution in [0.3, 0.4) is 0 Å². The van der Waals surface area contributed by atoms with E-state index in [1.807, 2.05) is 6.07 Å². The summed E-state index contributed by atoms with van der Waals surface area (Å²) >= 11 is 0. The van der Waals surface area contributed by atoms with Crippen LogP contribution < -0.4 is 0 Å². The predicted octanol–water partition coefficient (Wildman–Crippen LogP) is 1.88. The summed E-state index contributed by atoms with van der Waals surface area (Å²) in [6.07, 6.45) is 3.13. The molecule has 0 aliphatic heterocycles. The molecule has 1 aromatic carbocycles. The summed E-state index contributed by atoms with van der Waals surface area (Å²) in [5.74, 6) is -0.451. The van der Waals surface area contributed by atoms with Crippen LogP contribution in [0.4, 0.5) is 4.39 Å². The van der Waals surface area contributed by atoms with E-state index in [1.54, 1.807) is 18.3 Å². The van der Waals surface area contributed by atoms with Crippen molar-refractivity contribution in [1.29, 1.82) is 5.26 Å². The maximum Gasteiger partial charge on any atom is 0.150 e. The Hall–Kier alpha value is -2.15. The molecule has 0 radical (unpaired) electrons. The van der Waals surface area contributed by atoms with Gasteiger partial charge in [-0.15, -0.1) is 0 Å². The molecule has 0 N–H and O–H groups in total. The topological polar surface area (TPSA) is 41.6 Å². The lowest BCUT2D eigenvalue weighted by Crippen LogP contribution is -2.01. The Morgan fingerprint density at radius 1 is 1.36 bits per heavy atom. The Bertz CT molecular complexity index is 483. The molecule has 0 amide bonds. The summed E-state index contributed by atoms with van der Waals surface area (Å²) in [4.78, 5) is 0. The van der Waals surface area contributed by atoms with Gasteiger partial charge in [-0.25, -0.2) is 9.07 Å². The van der Waals surface area contributed by atoms with E-state index in [2.05, 4.69) is 5.10 Å². The second-order valence-corrected chi connectivity index (χ2v) is 2.70. The van der Waals surface area contributed by atoms with Crippen molar-refractivity contribution < 1.29 is 4.39 Å². The fourth-order valence-electron chi connectivity index (χ4n) is 1.24. The van der Waals surface area contributed by atoms with E-state index in [-0.39, 0.29) is 11.3 Å². The number of benzene rings is 1. The van der Waals surface area contributed by atoms with Crippen LogP contribution in [0.5, 0.6) is 0 Å². The van der Waals surface area contributed by atoms with Gasteiger partial charge in [0.15, 0.2) is 0 Å². The first-order valence-corrected chi connectivity index (χ1v) is 4.01. The van der Waals surface area contributed by atoms with Crippen LogP contribution >= 0.6 is 0 Å².